The van der Waals surface area contributed by atoms with Crippen molar-refractivity contribution in [1.82, 2.24) is 0 Å². The van der Waals surface area contributed by atoms with Crippen molar-refractivity contribution in [3.8, 4) is 6.07 Å². The number of para-hydroxylation sites is 1. The second-order valence-electron chi connectivity index (χ2n) is 5.88. The summed E-state index contributed by atoms with van der Waals surface area (Å²) in [4.78, 5) is 0. The number of nitrogens with zero attached hydrogens (tertiary/aromatic N) is 1. The molecule has 0 spiro atoms. The van der Waals surface area contributed by atoms with Crippen LogP contribution in [0.1, 0.15) is 51.9 Å². The molecule has 1 aromatic rings. The minimum Gasteiger partial charge on any atom is -0.365 e. The molecule has 108 valence electrons. The van der Waals surface area contributed by atoms with Crippen LogP contribution in [0.5, 0.6) is 0 Å². The molecule has 2 unspecified atom stereocenters. The highest BCUT2D eigenvalue weighted by Gasteiger charge is 2.33. The number of hydrogen-bond donors (Lipinski definition) is 1. The SMILES string of the molecule is CCCC1CCCC(C#N)(Nc2ccccc2F)CC1. The molecule has 1 fully saturated rings. The second kappa shape index (κ2) is 6.74. The van der Waals surface area contributed by atoms with E-state index in [1.807, 2.05) is 0 Å². The standard InChI is InChI=1S/C17H23FN2/c1-2-6-14-7-5-11-17(13-19,12-10-14)20-16-9-4-3-8-15(16)18/h3-4,8-9,14,20H,2,5-7,10-12H2,1H3. The summed E-state index contributed by atoms with van der Waals surface area (Å²) >= 11 is 0. The fraction of sp³-hybridized carbons (Fsp3) is 0.588. The molecular weight excluding hydrogens is 251 g/mol. The van der Waals surface area contributed by atoms with Crippen LogP contribution < -0.4 is 5.32 Å². The molecular formula is C17H23FN2. The topological polar surface area (TPSA) is 35.8 Å². The molecule has 1 aliphatic rings. The van der Waals surface area contributed by atoms with E-state index in [-0.39, 0.29) is 5.82 Å². The quantitative estimate of drug-likeness (QED) is 0.794. The van der Waals surface area contributed by atoms with E-state index in [9.17, 15) is 9.65 Å². The van der Waals surface area contributed by atoms with Crippen molar-refractivity contribution in [2.45, 2.75) is 57.4 Å². The Labute approximate surface area is 121 Å². The van der Waals surface area contributed by atoms with Gasteiger partial charge >= 0.3 is 0 Å². The number of rotatable bonds is 4. The zero-order valence-electron chi connectivity index (χ0n) is 12.2. The monoisotopic (exact) mass is 274 g/mol. The molecule has 1 saturated carbocycles. The lowest BCUT2D eigenvalue weighted by molar-refractivity contribution is 0.415. The first-order chi connectivity index (χ1) is 9.69. The summed E-state index contributed by atoms with van der Waals surface area (Å²) in [6.07, 6.45) is 7.34. The maximum absolute atomic E-state index is 13.8. The highest BCUT2D eigenvalue weighted by atomic mass is 19.1. The number of hydrogen-bond acceptors (Lipinski definition) is 2. The third-order valence-electron chi connectivity index (χ3n) is 4.35. The van der Waals surface area contributed by atoms with Gasteiger partial charge in [0.25, 0.3) is 0 Å². The van der Waals surface area contributed by atoms with Crippen LogP contribution in [0.15, 0.2) is 24.3 Å². The molecule has 1 aliphatic carbocycles. The van der Waals surface area contributed by atoms with E-state index in [4.69, 9.17) is 0 Å². The lowest BCUT2D eigenvalue weighted by Gasteiger charge is -2.28. The van der Waals surface area contributed by atoms with Crippen molar-refractivity contribution in [3.05, 3.63) is 30.1 Å². The smallest absolute Gasteiger partial charge is 0.146 e. The zero-order valence-corrected chi connectivity index (χ0v) is 12.2. The third-order valence-corrected chi connectivity index (χ3v) is 4.35. The Balaban J connectivity index is 2.10. The average molecular weight is 274 g/mol. The molecule has 3 heteroatoms. The molecule has 0 saturated heterocycles. The molecule has 0 bridgehead atoms. The fourth-order valence-electron chi connectivity index (χ4n) is 3.19. The van der Waals surface area contributed by atoms with E-state index in [1.165, 1.54) is 25.3 Å². The van der Waals surface area contributed by atoms with Crippen molar-refractivity contribution in [1.29, 1.82) is 5.26 Å². The van der Waals surface area contributed by atoms with Crippen LogP contribution in [0.3, 0.4) is 0 Å². The molecule has 20 heavy (non-hydrogen) atoms. The summed E-state index contributed by atoms with van der Waals surface area (Å²) in [5, 5.41) is 12.8. The molecule has 0 heterocycles. The minimum atomic E-state index is -0.606. The van der Waals surface area contributed by atoms with E-state index in [1.54, 1.807) is 18.2 Å². The number of nitriles is 1. The Morgan fingerprint density at radius 3 is 2.85 bits per heavy atom. The zero-order chi connectivity index (χ0) is 14.4. The Bertz CT molecular complexity index is 480. The number of halogens is 1. The van der Waals surface area contributed by atoms with Gasteiger partial charge in [-0.2, -0.15) is 5.26 Å². The predicted octanol–water partition coefficient (Wildman–Crippen LogP) is 4.88. The molecule has 0 amide bonds. The largest absolute Gasteiger partial charge is 0.365 e. The average Bonchev–Trinajstić information content (AvgIpc) is 2.66. The Hall–Kier alpha value is -1.56. The number of benzene rings is 1. The summed E-state index contributed by atoms with van der Waals surface area (Å²) in [5.41, 5.74) is -0.159. The van der Waals surface area contributed by atoms with E-state index in [0.717, 1.165) is 31.6 Å². The highest BCUT2D eigenvalue weighted by molar-refractivity contribution is 5.48. The molecule has 1 aromatic carbocycles. The lowest BCUT2D eigenvalue weighted by Crippen LogP contribution is -2.36. The maximum atomic E-state index is 13.8. The normalized spacial score (nSPS) is 26.6. The van der Waals surface area contributed by atoms with Crippen molar-refractivity contribution >= 4 is 5.69 Å². The second-order valence-corrected chi connectivity index (χ2v) is 5.88. The highest BCUT2D eigenvalue weighted by Crippen LogP contribution is 2.35. The van der Waals surface area contributed by atoms with E-state index < -0.39 is 5.54 Å². The lowest BCUT2D eigenvalue weighted by atomic mass is 9.90. The van der Waals surface area contributed by atoms with Gasteiger partial charge in [-0.3, -0.25) is 0 Å². The van der Waals surface area contributed by atoms with Gasteiger partial charge in [-0.1, -0.05) is 38.3 Å². The molecule has 0 aromatic heterocycles. The van der Waals surface area contributed by atoms with Crippen molar-refractivity contribution in [3.63, 3.8) is 0 Å². The summed E-state index contributed by atoms with van der Waals surface area (Å²) < 4.78 is 13.8. The van der Waals surface area contributed by atoms with Crippen molar-refractivity contribution < 1.29 is 4.39 Å². The summed E-state index contributed by atoms with van der Waals surface area (Å²) in [5.74, 6) is 0.439. The summed E-state index contributed by atoms with van der Waals surface area (Å²) in [7, 11) is 0. The fourth-order valence-corrected chi connectivity index (χ4v) is 3.19. The Kier molecular flexibility index (Phi) is 5.00. The van der Waals surface area contributed by atoms with Crippen molar-refractivity contribution in [2.75, 3.05) is 5.32 Å². The summed E-state index contributed by atoms with van der Waals surface area (Å²) in [6.45, 7) is 2.21. The maximum Gasteiger partial charge on any atom is 0.146 e. The third kappa shape index (κ3) is 3.50. The van der Waals surface area contributed by atoms with Gasteiger partial charge < -0.3 is 5.32 Å². The van der Waals surface area contributed by atoms with Gasteiger partial charge in [0.15, 0.2) is 0 Å². The Morgan fingerprint density at radius 1 is 1.35 bits per heavy atom. The molecule has 2 atom stereocenters. The molecule has 2 nitrogen and oxygen atoms in total. The molecule has 1 N–H and O–H groups in total. The van der Waals surface area contributed by atoms with Gasteiger partial charge in [-0.05, 0) is 43.7 Å². The minimum absolute atomic E-state index is 0.281. The first kappa shape index (κ1) is 14.8. The van der Waals surface area contributed by atoms with Crippen LogP contribution in [0.25, 0.3) is 0 Å². The van der Waals surface area contributed by atoms with Gasteiger partial charge in [-0.25, -0.2) is 4.39 Å². The first-order valence-electron chi connectivity index (χ1n) is 7.63. The Morgan fingerprint density at radius 2 is 2.15 bits per heavy atom. The van der Waals surface area contributed by atoms with Crippen LogP contribution in [0.4, 0.5) is 10.1 Å². The predicted molar refractivity (Wildman–Crippen MR) is 79.8 cm³/mol. The number of anilines is 1. The van der Waals surface area contributed by atoms with Crippen LogP contribution >= 0.6 is 0 Å². The van der Waals surface area contributed by atoms with Crippen LogP contribution in [-0.2, 0) is 0 Å². The summed E-state index contributed by atoms with van der Waals surface area (Å²) in [6, 6.07) is 9.03. The van der Waals surface area contributed by atoms with Crippen LogP contribution in [0.2, 0.25) is 0 Å². The van der Waals surface area contributed by atoms with Crippen molar-refractivity contribution in [2.24, 2.45) is 5.92 Å². The van der Waals surface area contributed by atoms with Gasteiger partial charge in [-0.15, -0.1) is 0 Å². The van der Waals surface area contributed by atoms with Crippen LogP contribution in [-0.4, -0.2) is 5.54 Å². The van der Waals surface area contributed by atoms with E-state index in [2.05, 4.69) is 18.3 Å². The van der Waals surface area contributed by atoms with Crippen LogP contribution in [0, 0.1) is 23.1 Å². The van der Waals surface area contributed by atoms with Gasteiger partial charge in [0.2, 0.25) is 0 Å². The number of nitrogens with one attached hydrogen (secondary N) is 1. The van der Waals surface area contributed by atoms with Gasteiger partial charge in [0, 0.05) is 0 Å². The molecule has 2 rings (SSSR count). The van der Waals surface area contributed by atoms with Gasteiger partial charge in [0.1, 0.15) is 11.4 Å². The van der Waals surface area contributed by atoms with E-state index >= 15 is 0 Å². The van der Waals surface area contributed by atoms with E-state index in [0.29, 0.717) is 5.69 Å². The first-order valence-corrected chi connectivity index (χ1v) is 7.63. The molecule has 0 aliphatic heterocycles. The molecule has 0 radical (unpaired) electrons. The van der Waals surface area contributed by atoms with Gasteiger partial charge in [0.05, 0.1) is 11.8 Å².